The summed E-state index contributed by atoms with van der Waals surface area (Å²) in [6, 6.07) is 17.1. The molecular formula is C30H36O10Se. The Bertz CT molecular complexity index is 1260. The number of hydrogen-bond donors (Lipinski definition) is 0. The first-order valence-electron chi connectivity index (χ1n) is 12.3. The molecule has 0 unspecified atom stereocenters. The van der Waals surface area contributed by atoms with Crippen molar-refractivity contribution in [1.82, 2.24) is 0 Å². The zero-order valence-corrected chi connectivity index (χ0v) is 26.0. The third kappa shape index (κ3) is 9.98. The normalized spacial score (nSPS) is 10.1. The zero-order valence-electron chi connectivity index (χ0n) is 24.3. The van der Waals surface area contributed by atoms with Crippen molar-refractivity contribution in [2.45, 2.75) is 12.2 Å². The molecule has 0 heterocycles. The molecule has 0 aromatic heterocycles. The molecule has 41 heavy (non-hydrogen) atoms. The van der Waals surface area contributed by atoms with Gasteiger partial charge in [0.2, 0.25) is 0 Å². The van der Waals surface area contributed by atoms with Crippen molar-refractivity contribution in [2.75, 3.05) is 56.2 Å². The van der Waals surface area contributed by atoms with Crippen LogP contribution in [0.2, 0.25) is 0 Å². The molecule has 222 valence electrons. The predicted molar refractivity (Wildman–Crippen MR) is 154 cm³/mol. The summed E-state index contributed by atoms with van der Waals surface area (Å²) in [6.45, 7) is 1.88. The first-order valence-corrected chi connectivity index (χ1v) is 14.4. The summed E-state index contributed by atoms with van der Waals surface area (Å²) in [5, 5.41) is 0.724. The van der Waals surface area contributed by atoms with E-state index < -0.39 is 11.9 Å². The molecule has 0 aliphatic carbocycles. The summed E-state index contributed by atoms with van der Waals surface area (Å²) in [5.41, 5.74) is 2.37. The number of rotatable bonds is 13. The van der Waals surface area contributed by atoms with Crippen molar-refractivity contribution < 1.29 is 47.5 Å². The molecule has 0 saturated carbocycles. The Balaban J connectivity index is 0.000000305. The van der Waals surface area contributed by atoms with Gasteiger partial charge in [-0.3, -0.25) is 0 Å². The maximum absolute atomic E-state index is 12.3. The number of methoxy groups -OCH3 is 6. The van der Waals surface area contributed by atoms with Crippen molar-refractivity contribution in [2.24, 2.45) is 0 Å². The van der Waals surface area contributed by atoms with Gasteiger partial charge in [0.1, 0.15) is 17.1 Å². The molecule has 11 heteroatoms. The zero-order chi connectivity index (χ0) is 30.2. The number of esters is 2. The summed E-state index contributed by atoms with van der Waals surface area (Å²) < 4.78 is 42.0. The third-order valence-electron chi connectivity index (χ3n) is 5.48. The van der Waals surface area contributed by atoms with Crippen LogP contribution in [0.3, 0.4) is 0 Å². The molecule has 0 N–H and O–H groups in total. The van der Waals surface area contributed by atoms with Gasteiger partial charge in [-0.15, -0.1) is 0 Å². The first kappa shape index (κ1) is 33.4. The molecule has 0 saturated heterocycles. The summed E-state index contributed by atoms with van der Waals surface area (Å²) in [4.78, 5) is 23.9. The Morgan fingerprint density at radius 1 is 0.683 bits per heavy atom. The monoisotopic (exact) mass is 636 g/mol. The molecule has 3 aromatic carbocycles. The fourth-order valence-corrected chi connectivity index (χ4v) is 5.45. The van der Waals surface area contributed by atoms with Crippen LogP contribution < -0.4 is 23.4 Å². The van der Waals surface area contributed by atoms with Crippen LogP contribution in [-0.4, -0.2) is 83.1 Å². The fourth-order valence-electron chi connectivity index (χ4n) is 3.57. The molecule has 10 nitrogen and oxygen atoms in total. The maximum atomic E-state index is 12.3. The van der Waals surface area contributed by atoms with Crippen molar-refractivity contribution in [1.29, 1.82) is 0 Å². The Kier molecular flexibility index (Phi) is 14.5. The molecule has 0 aliphatic heterocycles. The number of hydrogen-bond acceptors (Lipinski definition) is 10. The van der Waals surface area contributed by atoms with Gasteiger partial charge < -0.3 is 18.9 Å². The molecule has 0 atom stereocenters. The molecule has 3 rings (SSSR count). The van der Waals surface area contributed by atoms with Crippen molar-refractivity contribution in [3.05, 3.63) is 76.9 Å². The molecule has 0 aliphatic rings. The van der Waals surface area contributed by atoms with Gasteiger partial charge >= 0.3 is 154 Å². The second kappa shape index (κ2) is 17.8. The molecule has 3 aromatic rings. The van der Waals surface area contributed by atoms with Crippen LogP contribution in [0.15, 0.2) is 54.6 Å². The van der Waals surface area contributed by atoms with Gasteiger partial charge in [-0.25, -0.2) is 4.79 Å². The second-order valence-electron chi connectivity index (χ2n) is 8.16. The number of benzene rings is 3. The van der Waals surface area contributed by atoms with Gasteiger partial charge in [-0.1, -0.05) is 0 Å². The predicted octanol–water partition coefficient (Wildman–Crippen LogP) is 3.77. The quantitative estimate of drug-likeness (QED) is 0.157. The van der Waals surface area contributed by atoms with Crippen LogP contribution in [0.4, 0.5) is 0 Å². The Morgan fingerprint density at radius 2 is 1.20 bits per heavy atom. The van der Waals surface area contributed by atoms with E-state index in [1.807, 2.05) is 24.3 Å². The van der Waals surface area contributed by atoms with E-state index in [2.05, 4.69) is 12.1 Å². The van der Waals surface area contributed by atoms with E-state index in [1.54, 1.807) is 39.3 Å². The van der Waals surface area contributed by atoms with Crippen LogP contribution in [-0.2, 0) is 24.3 Å². The van der Waals surface area contributed by atoms with Crippen LogP contribution in [0.1, 0.15) is 31.8 Å². The summed E-state index contributed by atoms with van der Waals surface area (Å²) in [5.74, 6) is 1.16. The van der Waals surface area contributed by atoms with Crippen molar-refractivity contribution in [3.8, 4) is 23.0 Å². The number of ether oxygens (including phenoxy) is 8. The summed E-state index contributed by atoms with van der Waals surface area (Å²) >= 11 is 0.176. The summed E-state index contributed by atoms with van der Waals surface area (Å²) in [6.07, 6.45) is 0. The van der Waals surface area contributed by atoms with Gasteiger partial charge in [0, 0.05) is 13.2 Å². The average Bonchev–Trinajstić information content (AvgIpc) is 3.01. The van der Waals surface area contributed by atoms with Crippen molar-refractivity contribution >= 4 is 31.4 Å². The van der Waals surface area contributed by atoms with E-state index in [0.717, 1.165) is 16.4 Å². The minimum absolute atomic E-state index is 0.0421. The van der Waals surface area contributed by atoms with Gasteiger partial charge in [0.05, 0.1) is 14.2 Å². The van der Waals surface area contributed by atoms with Crippen LogP contribution in [0.25, 0.3) is 0 Å². The molecular weight excluding hydrogens is 599 g/mol. The molecule has 0 radical (unpaired) electrons. The van der Waals surface area contributed by atoms with Crippen LogP contribution in [0, 0.1) is 6.92 Å². The van der Waals surface area contributed by atoms with E-state index in [4.69, 9.17) is 37.9 Å². The van der Waals surface area contributed by atoms with Crippen LogP contribution >= 0.6 is 0 Å². The van der Waals surface area contributed by atoms with Gasteiger partial charge in [0.25, 0.3) is 0 Å². The molecule has 0 bridgehead atoms. The number of carbonyl (C=O) groups excluding carboxylic acids is 2. The van der Waals surface area contributed by atoms with Gasteiger partial charge in [-0.2, -0.15) is 0 Å². The Labute approximate surface area is 246 Å². The molecule has 0 spiro atoms. The van der Waals surface area contributed by atoms with Crippen molar-refractivity contribution in [3.63, 3.8) is 0 Å². The van der Waals surface area contributed by atoms with E-state index in [-0.39, 0.29) is 28.5 Å². The SMILES string of the molecule is COCOc1cc(OC)cc(C)c1C(=O)OC.COCOc1cc(OC)cc(C[Se]c2ccccc2)c1C(=O)OC. The third-order valence-corrected chi connectivity index (χ3v) is 7.71. The fraction of sp³-hybridized carbons (Fsp3) is 0.333. The number of aryl methyl sites for hydroxylation is 1. The van der Waals surface area contributed by atoms with E-state index in [0.29, 0.717) is 34.1 Å². The second-order valence-corrected chi connectivity index (χ2v) is 10.4. The average molecular weight is 636 g/mol. The van der Waals surface area contributed by atoms with E-state index in [9.17, 15) is 9.59 Å². The number of carbonyl (C=O) groups is 2. The Hall–Kier alpha value is -3.76. The van der Waals surface area contributed by atoms with Gasteiger partial charge in [-0.05, 0) is 18.6 Å². The van der Waals surface area contributed by atoms with Crippen LogP contribution in [0.5, 0.6) is 23.0 Å². The van der Waals surface area contributed by atoms with Gasteiger partial charge in [0.15, 0.2) is 6.79 Å². The van der Waals surface area contributed by atoms with E-state index >= 15 is 0 Å². The van der Waals surface area contributed by atoms with E-state index in [1.165, 1.54) is 32.9 Å². The minimum atomic E-state index is -0.448. The molecule has 0 fully saturated rings. The first-order chi connectivity index (χ1) is 19.8. The topological polar surface area (TPSA) is 108 Å². The molecule has 0 amide bonds. The Morgan fingerprint density at radius 3 is 1.71 bits per heavy atom. The standard InChI is InChI=1S/C18H20O5Se.C12H16O5/c1-20-12-23-16-10-14(21-2)9-13(17(16)18(19)22-3)11-24-15-7-5-4-6-8-15;1-8-5-9(15-3)6-10(17-7-14-2)11(8)12(13)16-4/h4-10H,11-12H2,1-3H3;5-6H,7H2,1-4H3. The summed E-state index contributed by atoms with van der Waals surface area (Å²) in [7, 11) is 8.85.